The summed E-state index contributed by atoms with van der Waals surface area (Å²) in [6, 6.07) is 28.9. The van der Waals surface area contributed by atoms with E-state index in [1.165, 1.54) is 0 Å². The highest BCUT2D eigenvalue weighted by Crippen LogP contribution is 2.24. The van der Waals surface area contributed by atoms with Gasteiger partial charge in [-0.15, -0.1) is 6.42 Å². The zero-order valence-electron chi connectivity index (χ0n) is 17.7. The first-order valence-electron chi connectivity index (χ1n) is 10.4. The zero-order chi connectivity index (χ0) is 21.9. The van der Waals surface area contributed by atoms with Crippen molar-refractivity contribution in [1.29, 1.82) is 0 Å². The van der Waals surface area contributed by atoms with Crippen molar-refractivity contribution in [2.75, 3.05) is 6.54 Å². The molecule has 3 aromatic carbocycles. The lowest BCUT2D eigenvalue weighted by Crippen LogP contribution is -2.42. The summed E-state index contributed by atoms with van der Waals surface area (Å²) in [5, 5.41) is 0. The Labute approximate surface area is 185 Å². The lowest BCUT2D eigenvalue weighted by atomic mass is 10.0. The molecule has 3 rings (SSSR count). The Morgan fingerprint density at radius 3 is 2.16 bits per heavy atom. The van der Waals surface area contributed by atoms with Crippen molar-refractivity contribution >= 4 is 12.0 Å². The number of nitrogens with zero attached hydrogens (tertiary/aromatic N) is 1. The second-order valence-corrected chi connectivity index (χ2v) is 7.27. The van der Waals surface area contributed by atoms with Crippen LogP contribution < -0.4 is 0 Å². The SMILES string of the molecule is C#CCN([C@@H](/C=C/c1ccccc1)C(=O)OCc1ccccc1)[C@@H](C)c1ccccc1. The fraction of sp³-hybridized carbons (Fsp3) is 0.179. The van der Waals surface area contributed by atoms with Crippen LogP contribution in [0.2, 0.25) is 0 Å². The van der Waals surface area contributed by atoms with Gasteiger partial charge < -0.3 is 4.74 Å². The molecule has 0 saturated carbocycles. The van der Waals surface area contributed by atoms with Crippen LogP contribution in [-0.2, 0) is 16.1 Å². The molecule has 156 valence electrons. The lowest BCUT2D eigenvalue weighted by Gasteiger charge is -2.32. The molecular formula is C28H27NO2. The molecule has 31 heavy (non-hydrogen) atoms. The number of hydrogen-bond donors (Lipinski definition) is 0. The molecule has 0 heterocycles. The van der Waals surface area contributed by atoms with E-state index in [0.717, 1.165) is 16.7 Å². The van der Waals surface area contributed by atoms with Crippen molar-refractivity contribution in [2.45, 2.75) is 25.6 Å². The van der Waals surface area contributed by atoms with Gasteiger partial charge in [0.05, 0.1) is 6.54 Å². The Hall–Kier alpha value is -3.61. The van der Waals surface area contributed by atoms with Crippen LogP contribution in [0.3, 0.4) is 0 Å². The number of benzene rings is 3. The number of carbonyl (C=O) groups is 1. The van der Waals surface area contributed by atoms with Gasteiger partial charge in [-0.25, -0.2) is 4.79 Å². The molecule has 3 aromatic rings. The monoisotopic (exact) mass is 409 g/mol. The molecule has 0 aliphatic rings. The molecule has 2 atom stereocenters. The smallest absolute Gasteiger partial charge is 0.327 e. The van der Waals surface area contributed by atoms with Crippen molar-refractivity contribution in [1.82, 2.24) is 4.90 Å². The van der Waals surface area contributed by atoms with Gasteiger partial charge >= 0.3 is 5.97 Å². The Balaban J connectivity index is 1.87. The van der Waals surface area contributed by atoms with E-state index >= 15 is 0 Å². The molecule has 0 saturated heterocycles. The van der Waals surface area contributed by atoms with Crippen LogP contribution in [-0.4, -0.2) is 23.5 Å². The van der Waals surface area contributed by atoms with Gasteiger partial charge in [-0.3, -0.25) is 4.90 Å². The summed E-state index contributed by atoms with van der Waals surface area (Å²) in [5.41, 5.74) is 3.05. The van der Waals surface area contributed by atoms with E-state index < -0.39 is 6.04 Å². The summed E-state index contributed by atoms with van der Waals surface area (Å²) in [6.45, 7) is 2.60. The molecule has 0 aliphatic carbocycles. The molecule has 0 bridgehead atoms. The summed E-state index contributed by atoms with van der Waals surface area (Å²) < 4.78 is 5.69. The van der Waals surface area contributed by atoms with Crippen LogP contribution in [0.25, 0.3) is 6.08 Å². The van der Waals surface area contributed by atoms with Crippen LogP contribution in [0.1, 0.15) is 29.7 Å². The normalized spacial score (nSPS) is 12.9. The molecule has 0 amide bonds. The molecule has 3 nitrogen and oxygen atoms in total. The zero-order valence-corrected chi connectivity index (χ0v) is 17.7. The van der Waals surface area contributed by atoms with Crippen LogP contribution in [0, 0.1) is 12.3 Å². The van der Waals surface area contributed by atoms with Crippen LogP contribution in [0.4, 0.5) is 0 Å². The largest absolute Gasteiger partial charge is 0.459 e. The van der Waals surface area contributed by atoms with Gasteiger partial charge in [-0.05, 0) is 23.6 Å². The van der Waals surface area contributed by atoms with Crippen LogP contribution >= 0.6 is 0 Å². The number of terminal acetylenes is 1. The van der Waals surface area contributed by atoms with Gasteiger partial charge in [0, 0.05) is 6.04 Å². The van der Waals surface area contributed by atoms with Crippen LogP contribution in [0.15, 0.2) is 97.1 Å². The van der Waals surface area contributed by atoms with Crippen molar-refractivity contribution < 1.29 is 9.53 Å². The van der Waals surface area contributed by atoms with Gasteiger partial charge in [0.1, 0.15) is 12.6 Å². The fourth-order valence-corrected chi connectivity index (χ4v) is 3.41. The quantitative estimate of drug-likeness (QED) is 0.345. The maximum atomic E-state index is 13.2. The third-order valence-corrected chi connectivity index (χ3v) is 5.15. The molecule has 0 aliphatic heterocycles. The summed E-state index contributed by atoms with van der Waals surface area (Å²) in [5.74, 6) is 2.39. The molecule has 0 fully saturated rings. The summed E-state index contributed by atoms with van der Waals surface area (Å²) in [7, 11) is 0. The van der Waals surface area contributed by atoms with E-state index in [1.807, 2.05) is 108 Å². The third kappa shape index (κ3) is 6.44. The van der Waals surface area contributed by atoms with Crippen molar-refractivity contribution in [2.24, 2.45) is 0 Å². The average molecular weight is 410 g/mol. The Bertz CT molecular complexity index is 1010. The molecule has 0 N–H and O–H groups in total. The second-order valence-electron chi connectivity index (χ2n) is 7.27. The first kappa shape index (κ1) is 22.1. The average Bonchev–Trinajstić information content (AvgIpc) is 2.83. The van der Waals surface area contributed by atoms with Gasteiger partial charge in [0.15, 0.2) is 0 Å². The van der Waals surface area contributed by atoms with E-state index in [-0.39, 0.29) is 18.6 Å². The van der Waals surface area contributed by atoms with Gasteiger partial charge in [-0.1, -0.05) is 109 Å². The minimum Gasteiger partial charge on any atom is -0.459 e. The van der Waals surface area contributed by atoms with Gasteiger partial charge in [0.25, 0.3) is 0 Å². The maximum Gasteiger partial charge on any atom is 0.327 e. The standard InChI is InChI=1S/C28H27NO2/c1-3-21-29(23(2)26-17-11-6-12-18-26)27(20-19-24-13-7-4-8-14-24)28(30)31-22-25-15-9-5-10-16-25/h1,4-20,23,27H,21-22H2,2H3/b20-19+/t23-,27-/m0/s1. The minimum absolute atomic E-state index is 0.0630. The number of rotatable bonds is 9. The first-order valence-corrected chi connectivity index (χ1v) is 10.4. The Kier molecular flexibility index (Phi) is 8.22. The molecule has 3 heteroatoms. The molecule has 0 aromatic heterocycles. The Morgan fingerprint density at radius 2 is 1.55 bits per heavy atom. The fourth-order valence-electron chi connectivity index (χ4n) is 3.41. The highest BCUT2D eigenvalue weighted by Gasteiger charge is 2.29. The molecule has 0 spiro atoms. The third-order valence-electron chi connectivity index (χ3n) is 5.15. The highest BCUT2D eigenvalue weighted by molar-refractivity contribution is 5.79. The minimum atomic E-state index is -0.616. The summed E-state index contributed by atoms with van der Waals surface area (Å²) >= 11 is 0. The Morgan fingerprint density at radius 1 is 0.968 bits per heavy atom. The van der Waals surface area contributed by atoms with E-state index in [9.17, 15) is 4.79 Å². The van der Waals surface area contributed by atoms with E-state index in [4.69, 9.17) is 11.2 Å². The van der Waals surface area contributed by atoms with Crippen molar-refractivity contribution in [3.8, 4) is 12.3 Å². The lowest BCUT2D eigenvalue weighted by molar-refractivity contribution is -0.150. The van der Waals surface area contributed by atoms with Gasteiger partial charge in [0.2, 0.25) is 0 Å². The van der Waals surface area contributed by atoms with E-state index in [2.05, 4.69) is 12.8 Å². The maximum absolute atomic E-state index is 13.2. The topological polar surface area (TPSA) is 29.5 Å². The van der Waals surface area contributed by atoms with Crippen LogP contribution in [0.5, 0.6) is 0 Å². The summed E-state index contributed by atoms with van der Waals surface area (Å²) in [6.07, 6.45) is 9.50. The number of ether oxygens (including phenoxy) is 1. The summed E-state index contributed by atoms with van der Waals surface area (Å²) in [4.78, 5) is 15.2. The highest BCUT2D eigenvalue weighted by atomic mass is 16.5. The number of hydrogen-bond acceptors (Lipinski definition) is 3. The predicted molar refractivity (Wildman–Crippen MR) is 126 cm³/mol. The van der Waals surface area contributed by atoms with Gasteiger partial charge in [-0.2, -0.15) is 0 Å². The first-order chi connectivity index (χ1) is 15.2. The van der Waals surface area contributed by atoms with Crippen molar-refractivity contribution in [3.63, 3.8) is 0 Å². The van der Waals surface area contributed by atoms with Crippen molar-refractivity contribution in [3.05, 3.63) is 114 Å². The number of carbonyl (C=O) groups excluding carboxylic acids is 1. The van der Waals surface area contributed by atoms with E-state index in [0.29, 0.717) is 6.54 Å². The molecule has 0 unspecified atom stereocenters. The van der Waals surface area contributed by atoms with E-state index in [1.54, 1.807) is 0 Å². The predicted octanol–water partition coefficient (Wildman–Crippen LogP) is 5.51. The molecule has 0 radical (unpaired) electrons. The molecular weight excluding hydrogens is 382 g/mol. The second kappa shape index (κ2) is 11.5. The number of esters is 1.